The van der Waals surface area contributed by atoms with Gasteiger partial charge >= 0.3 is 0 Å². The molecular weight excluding hydrogens is 262 g/mol. The van der Waals surface area contributed by atoms with E-state index in [1.165, 1.54) is 18.2 Å². The van der Waals surface area contributed by atoms with Crippen molar-refractivity contribution < 1.29 is 13.6 Å². The van der Waals surface area contributed by atoms with Gasteiger partial charge < -0.3 is 11.1 Å². The predicted molar refractivity (Wildman–Crippen MR) is 75.1 cm³/mol. The highest BCUT2D eigenvalue weighted by Crippen LogP contribution is 2.14. The highest BCUT2D eigenvalue weighted by molar-refractivity contribution is 5.82. The Hall–Kier alpha value is -1.49. The third kappa shape index (κ3) is 4.27. The van der Waals surface area contributed by atoms with E-state index in [0.717, 1.165) is 6.42 Å². The van der Waals surface area contributed by atoms with Crippen LogP contribution in [0.5, 0.6) is 0 Å². The van der Waals surface area contributed by atoms with Crippen LogP contribution in [0.4, 0.5) is 8.78 Å². The summed E-state index contributed by atoms with van der Waals surface area (Å²) in [7, 11) is 0. The van der Waals surface area contributed by atoms with E-state index in [9.17, 15) is 13.6 Å². The minimum absolute atomic E-state index is 0.0163. The lowest BCUT2D eigenvalue weighted by Crippen LogP contribution is -2.48. The molecule has 1 aromatic carbocycles. The molecule has 1 aromatic rings. The van der Waals surface area contributed by atoms with Crippen molar-refractivity contribution >= 4 is 5.91 Å². The third-order valence-corrected chi connectivity index (χ3v) is 3.52. The number of benzene rings is 1. The smallest absolute Gasteiger partial charge is 0.237 e. The molecule has 3 N–H and O–H groups in total. The number of carbonyl (C=O) groups excluding carboxylic acids is 1. The maximum atomic E-state index is 13.5. The summed E-state index contributed by atoms with van der Waals surface area (Å²) in [4.78, 5) is 11.9. The first-order chi connectivity index (χ1) is 9.36. The van der Waals surface area contributed by atoms with Crippen LogP contribution >= 0.6 is 0 Å². The monoisotopic (exact) mass is 284 g/mol. The van der Waals surface area contributed by atoms with Crippen LogP contribution in [0.2, 0.25) is 0 Å². The molecule has 112 valence electrons. The number of halogens is 2. The van der Waals surface area contributed by atoms with Gasteiger partial charge in [-0.3, -0.25) is 4.79 Å². The molecule has 1 rings (SSSR count). The van der Waals surface area contributed by atoms with Crippen LogP contribution < -0.4 is 11.1 Å². The molecule has 0 spiro atoms. The lowest BCUT2D eigenvalue weighted by atomic mass is 9.98. The van der Waals surface area contributed by atoms with Gasteiger partial charge in [-0.05, 0) is 31.4 Å². The molecule has 3 atom stereocenters. The van der Waals surface area contributed by atoms with Crippen molar-refractivity contribution in [1.29, 1.82) is 0 Å². The lowest BCUT2D eigenvalue weighted by Gasteiger charge is -2.21. The minimum atomic E-state index is -0.604. The zero-order valence-corrected chi connectivity index (χ0v) is 12.1. The topological polar surface area (TPSA) is 55.1 Å². The normalized spacial score (nSPS) is 15.5. The fourth-order valence-electron chi connectivity index (χ4n) is 1.94. The summed E-state index contributed by atoms with van der Waals surface area (Å²) >= 11 is 0. The van der Waals surface area contributed by atoms with Gasteiger partial charge in [0.15, 0.2) is 0 Å². The van der Waals surface area contributed by atoms with Crippen molar-refractivity contribution in [3.05, 3.63) is 35.4 Å². The molecule has 1 amide bonds. The molecule has 0 aliphatic rings. The van der Waals surface area contributed by atoms with Gasteiger partial charge in [-0.2, -0.15) is 0 Å². The quantitative estimate of drug-likeness (QED) is 0.842. The maximum absolute atomic E-state index is 13.5. The zero-order chi connectivity index (χ0) is 15.3. The van der Waals surface area contributed by atoms with Crippen molar-refractivity contribution in [2.24, 2.45) is 11.7 Å². The van der Waals surface area contributed by atoms with E-state index in [4.69, 9.17) is 5.73 Å². The molecule has 0 bridgehead atoms. The Morgan fingerprint density at radius 2 is 1.85 bits per heavy atom. The molecule has 0 heterocycles. The standard InChI is InChI=1S/C15H22F2N2O/c1-4-9(2)14(18)15(20)19-10(3)8-11-12(16)6-5-7-13(11)17/h5-7,9-10,14H,4,8,18H2,1-3H3,(H,19,20)/t9-,10?,14-/m0/s1. The number of hydrogen-bond donors (Lipinski definition) is 2. The van der Waals surface area contributed by atoms with E-state index in [1.54, 1.807) is 6.92 Å². The van der Waals surface area contributed by atoms with E-state index in [0.29, 0.717) is 0 Å². The second-order valence-corrected chi connectivity index (χ2v) is 5.23. The molecule has 0 aromatic heterocycles. The molecular formula is C15H22F2N2O. The second kappa shape index (κ2) is 7.33. The molecule has 1 unspecified atom stereocenters. The number of nitrogens with one attached hydrogen (secondary N) is 1. The van der Waals surface area contributed by atoms with Gasteiger partial charge in [0.1, 0.15) is 11.6 Å². The molecule has 0 aliphatic heterocycles. The van der Waals surface area contributed by atoms with Crippen LogP contribution in [0.15, 0.2) is 18.2 Å². The van der Waals surface area contributed by atoms with Gasteiger partial charge in [-0.1, -0.05) is 26.3 Å². The first kappa shape index (κ1) is 16.6. The van der Waals surface area contributed by atoms with Crippen molar-refractivity contribution in [1.82, 2.24) is 5.32 Å². The van der Waals surface area contributed by atoms with Gasteiger partial charge in [0.25, 0.3) is 0 Å². The summed E-state index contributed by atoms with van der Waals surface area (Å²) in [6.07, 6.45) is 0.891. The highest BCUT2D eigenvalue weighted by atomic mass is 19.1. The Morgan fingerprint density at radius 1 is 1.30 bits per heavy atom. The lowest BCUT2D eigenvalue weighted by molar-refractivity contribution is -0.124. The largest absolute Gasteiger partial charge is 0.352 e. The molecule has 0 radical (unpaired) electrons. The van der Waals surface area contributed by atoms with Crippen molar-refractivity contribution in [3.63, 3.8) is 0 Å². The third-order valence-electron chi connectivity index (χ3n) is 3.52. The number of nitrogens with two attached hydrogens (primary N) is 1. The van der Waals surface area contributed by atoms with Crippen LogP contribution in [0.1, 0.15) is 32.8 Å². The van der Waals surface area contributed by atoms with Crippen LogP contribution in [-0.4, -0.2) is 18.0 Å². The number of hydrogen-bond acceptors (Lipinski definition) is 2. The van der Waals surface area contributed by atoms with Gasteiger partial charge in [0, 0.05) is 11.6 Å². The molecule has 3 nitrogen and oxygen atoms in total. The number of carbonyl (C=O) groups is 1. The molecule has 0 saturated heterocycles. The average molecular weight is 284 g/mol. The maximum Gasteiger partial charge on any atom is 0.237 e. The van der Waals surface area contributed by atoms with Crippen LogP contribution in [-0.2, 0) is 11.2 Å². The van der Waals surface area contributed by atoms with E-state index < -0.39 is 17.7 Å². The number of rotatable bonds is 6. The molecule has 20 heavy (non-hydrogen) atoms. The summed E-state index contributed by atoms with van der Waals surface area (Å²) in [6.45, 7) is 5.55. The molecule has 0 aliphatic carbocycles. The van der Waals surface area contributed by atoms with E-state index >= 15 is 0 Å². The van der Waals surface area contributed by atoms with Crippen LogP contribution in [0, 0.1) is 17.6 Å². The Bertz CT molecular complexity index is 445. The van der Waals surface area contributed by atoms with E-state index in [1.807, 2.05) is 13.8 Å². The fourth-order valence-corrected chi connectivity index (χ4v) is 1.94. The minimum Gasteiger partial charge on any atom is -0.352 e. The van der Waals surface area contributed by atoms with E-state index in [-0.39, 0.29) is 29.9 Å². The van der Waals surface area contributed by atoms with E-state index in [2.05, 4.69) is 5.32 Å². The first-order valence-corrected chi connectivity index (χ1v) is 6.85. The van der Waals surface area contributed by atoms with Crippen molar-refractivity contribution in [2.45, 2.75) is 45.7 Å². The van der Waals surface area contributed by atoms with Gasteiger partial charge in [-0.25, -0.2) is 8.78 Å². The summed E-state index contributed by atoms with van der Waals surface area (Å²) in [6, 6.07) is 2.74. The van der Waals surface area contributed by atoms with Crippen molar-refractivity contribution in [3.8, 4) is 0 Å². The molecule has 0 fully saturated rings. The highest BCUT2D eigenvalue weighted by Gasteiger charge is 2.21. The second-order valence-electron chi connectivity index (χ2n) is 5.23. The summed E-state index contributed by atoms with van der Waals surface area (Å²) in [5.41, 5.74) is 5.80. The average Bonchev–Trinajstić information content (AvgIpc) is 2.41. The van der Waals surface area contributed by atoms with Crippen molar-refractivity contribution in [2.75, 3.05) is 0 Å². The Morgan fingerprint density at radius 3 is 2.35 bits per heavy atom. The molecule has 0 saturated carbocycles. The summed E-state index contributed by atoms with van der Waals surface area (Å²) in [5, 5.41) is 2.70. The van der Waals surface area contributed by atoms with Gasteiger partial charge in [-0.15, -0.1) is 0 Å². The summed E-state index contributed by atoms with van der Waals surface area (Å²) < 4.78 is 27.0. The Kier molecular flexibility index (Phi) is 6.07. The van der Waals surface area contributed by atoms with Crippen LogP contribution in [0.25, 0.3) is 0 Å². The van der Waals surface area contributed by atoms with Gasteiger partial charge in [0.2, 0.25) is 5.91 Å². The Balaban J connectivity index is 2.64. The first-order valence-electron chi connectivity index (χ1n) is 6.85. The van der Waals surface area contributed by atoms with Gasteiger partial charge in [0.05, 0.1) is 6.04 Å². The Labute approximate surface area is 118 Å². The number of amides is 1. The summed E-state index contributed by atoms with van der Waals surface area (Å²) in [5.74, 6) is -1.43. The molecule has 5 heteroatoms. The SMILES string of the molecule is CC[C@H](C)[C@H](N)C(=O)NC(C)Cc1c(F)cccc1F. The zero-order valence-electron chi connectivity index (χ0n) is 12.1. The fraction of sp³-hybridized carbons (Fsp3) is 0.533. The predicted octanol–water partition coefficient (Wildman–Crippen LogP) is 2.39. The van der Waals surface area contributed by atoms with Crippen LogP contribution in [0.3, 0.4) is 0 Å².